The number of nitrogens with zero attached hydrogens (tertiary/aromatic N) is 2. The van der Waals surface area contributed by atoms with E-state index in [-0.39, 0.29) is 24.3 Å². The maximum Gasteiger partial charge on any atom is 0.325 e. The van der Waals surface area contributed by atoms with Crippen molar-refractivity contribution in [3.05, 3.63) is 29.8 Å². The number of anilines is 1. The van der Waals surface area contributed by atoms with Crippen molar-refractivity contribution in [1.29, 1.82) is 0 Å². The van der Waals surface area contributed by atoms with Crippen molar-refractivity contribution in [2.24, 2.45) is 0 Å². The Morgan fingerprint density at radius 2 is 1.65 bits per heavy atom. The van der Waals surface area contributed by atoms with Crippen LogP contribution in [0.5, 0.6) is 0 Å². The van der Waals surface area contributed by atoms with Gasteiger partial charge in [0, 0.05) is 25.2 Å². The first-order chi connectivity index (χ1) is 12.6. The molecule has 3 aliphatic rings. The van der Waals surface area contributed by atoms with Crippen molar-refractivity contribution >= 4 is 23.5 Å². The molecule has 0 aliphatic carbocycles. The fraction of sp³-hybridized carbons (Fsp3) is 0.526. The molecule has 1 unspecified atom stereocenters. The number of hydrogen-bond donors (Lipinski definition) is 2. The molecule has 7 nitrogen and oxygen atoms in total. The van der Waals surface area contributed by atoms with Crippen LogP contribution in [0.15, 0.2) is 24.3 Å². The van der Waals surface area contributed by atoms with Gasteiger partial charge in [0.2, 0.25) is 11.8 Å². The molecule has 3 aliphatic heterocycles. The van der Waals surface area contributed by atoms with Gasteiger partial charge in [0.15, 0.2) is 0 Å². The van der Waals surface area contributed by atoms with E-state index in [1.807, 2.05) is 12.1 Å². The first-order valence-electron chi connectivity index (χ1n) is 9.36. The van der Waals surface area contributed by atoms with Gasteiger partial charge in [-0.05, 0) is 56.0 Å². The summed E-state index contributed by atoms with van der Waals surface area (Å²) in [4.78, 5) is 39.5. The summed E-state index contributed by atoms with van der Waals surface area (Å²) in [6.07, 6.45) is 2.97. The number of benzene rings is 1. The van der Waals surface area contributed by atoms with Crippen LogP contribution in [-0.4, -0.2) is 55.0 Å². The number of amides is 4. The molecule has 1 aromatic carbocycles. The third kappa shape index (κ3) is 3.19. The lowest BCUT2D eigenvalue weighted by Gasteiger charge is -2.29. The fourth-order valence-electron chi connectivity index (χ4n) is 4.14. The molecule has 0 saturated carbocycles. The predicted octanol–water partition coefficient (Wildman–Crippen LogP) is 1.20. The number of imide groups is 1. The van der Waals surface area contributed by atoms with Gasteiger partial charge >= 0.3 is 6.03 Å². The van der Waals surface area contributed by atoms with Crippen molar-refractivity contribution in [3.63, 3.8) is 0 Å². The van der Waals surface area contributed by atoms with E-state index in [2.05, 4.69) is 22.8 Å². The van der Waals surface area contributed by atoms with Crippen LogP contribution < -0.4 is 15.5 Å². The molecule has 26 heavy (non-hydrogen) atoms. The number of nitrogens with one attached hydrogen (secondary N) is 2. The molecule has 0 spiro atoms. The van der Waals surface area contributed by atoms with Crippen molar-refractivity contribution in [2.45, 2.75) is 37.6 Å². The quantitative estimate of drug-likeness (QED) is 0.798. The average Bonchev–Trinajstić information content (AvgIpc) is 3.04. The minimum atomic E-state index is -0.542. The summed E-state index contributed by atoms with van der Waals surface area (Å²) in [6.45, 7) is 3.17. The van der Waals surface area contributed by atoms with Gasteiger partial charge < -0.3 is 10.2 Å². The molecular weight excluding hydrogens is 332 g/mol. The Hall–Kier alpha value is -2.41. The molecule has 2 N–H and O–H groups in total. The fourth-order valence-corrected chi connectivity index (χ4v) is 4.14. The minimum Gasteiger partial charge on any atom is -0.317 e. The molecule has 138 valence electrons. The standard InChI is InChI=1S/C19H24N4O3/c24-17-6-5-16(18(25)21-17)23-12-11-22(19(23)26)15-3-1-13(2-4-15)14-7-9-20-10-8-14/h1-4,14,16,20H,5-12H2,(H,21,24,25). The third-order valence-corrected chi connectivity index (χ3v) is 5.64. The molecule has 0 aromatic heterocycles. The lowest BCUT2D eigenvalue weighted by molar-refractivity contribution is -0.136. The lowest BCUT2D eigenvalue weighted by Crippen LogP contribution is -2.53. The highest BCUT2D eigenvalue weighted by molar-refractivity contribution is 6.03. The number of piperidine rings is 2. The van der Waals surface area contributed by atoms with Gasteiger partial charge in [0.25, 0.3) is 0 Å². The first kappa shape index (κ1) is 17.0. The van der Waals surface area contributed by atoms with Crippen LogP contribution in [-0.2, 0) is 9.59 Å². The summed E-state index contributed by atoms with van der Waals surface area (Å²) in [7, 11) is 0. The maximum atomic E-state index is 12.8. The molecule has 3 saturated heterocycles. The molecule has 0 radical (unpaired) electrons. The second-order valence-electron chi connectivity index (χ2n) is 7.21. The number of carbonyl (C=O) groups is 3. The summed E-state index contributed by atoms with van der Waals surface area (Å²) in [5, 5.41) is 5.71. The van der Waals surface area contributed by atoms with Crippen LogP contribution in [0.2, 0.25) is 0 Å². The second-order valence-corrected chi connectivity index (χ2v) is 7.21. The van der Waals surface area contributed by atoms with Gasteiger partial charge in [-0.2, -0.15) is 0 Å². The zero-order valence-electron chi connectivity index (χ0n) is 14.7. The van der Waals surface area contributed by atoms with Gasteiger partial charge in [-0.15, -0.1) is 0 Å². The topological polar surface area (TPSA) is 81.8 Å². The summed E-state index contributed by atoms with van der Waals surface area (Å²) in [5.74, 6) is -0.0412. The summed E-state index contributed by atoms with van der Waals surface area (Å²) < 4.78 is 0. The summed E-state index contributed by atoms with van der Waals surface area (Å²) >= 11 is 0. The van der Waals surface area contributed by atoms with Crippen molar-refractivity contribution in [2.75, 3.05) is 31.1 Å². The van der Waals surface area contributed by atoms with Gasteiger partial charge in [-0.3, -0.25) is 19.8 Å². The Kier molecular flexibility index (Phi) is 4.63. The molecule has 3 heterocycles. The Bertz CT molecular complexity index is 712. The van der Waals surface area contributed by atoms with Gasteiger partial charge in [-0.25, -0.2) is 4.79 Å². The van der Waals surface area contributed by atoms with E-state index in [9.17, 15) is 14.4 Å². The summed E-state index contributed by atoms with van der Waals surface area (Å²) in [6, 6.07) is 7.54. The Morgan fingerprint density at radius 3 is 2.35 bits per heavy atom. The predicted molar refractivity (Wildman–Crippen MR) is 96.9 cm³/mol. The molecule has 7 heteroatoms. The van der Waals surface area contributed by atoms with E-state index in [0.717, 1.165) is 31.6 Å². The first-order valence-corrected chi connectivity index (χ1v) is 9.36. The van der Waals surface area contributed by atoms with Crippen LogP contribution in [0.3, 0.4) is 0 Å². The zero-order chi connectivity index (χ0) is 18.1. The highest BCUT2D eigenvalue weighted by Gasteiger charge is 2.40. The Labute approximate surface area is 152 Å². The van der Waals surface area contributed by atoms with Crippen molar-refractivity contribution in [3.8, 4) is 0 Å². The molecular formula is C19H24N4O3. The van der Waals surface area contributed by atoms with Gasteiger partial charge in [0.1, 0.15) is 6.04 Å². The average molecular weight is 356 g/mol. The van der Waals surface area contributed by atoms with Crippen molar-refractivity contribution in [1.82, 2.24) is 15.5 Å². The highest BCUT2D eigenvalue weighted by atomic mass is 16.2. The van der Waals surface area contributed by atoms with Crippen LogP contribution >= 0.6 is 0 Å². The van der Waals surface area contributed by atoms with Crippen LogP contribution in [0.25, 0.3) is 0 Å². The second kappa shape index (κ2) is 7.07. The highest BCUT2D eigenvalue weighted by Crippen LogP contribution is 2.29. The van der Waals surface area contributed by atoms with Crippen LogP contribution in [0.4, 0.5) is 10.5 Å². The normalized spacial score (nSPS) is 24.9. The van der Waals surface area contributed by atoms with Crippen LogP contribution in [0.1, 0.15) is 37.2 Å². The molecule has 4 rings (SSSR count). The number of hydrogen-bond acceptors (Lipinski definition) is 4. The Morgan fingerprint density at radius 1 is 0.923 bits per heavy atom. The van der Waals surface area contributed by atoms with E-state index in [1.54, 1.807) is 9.80 Å². The maximum absolute atomic E-state index is 12.8. The van der Waals surface area contributed by atoms with E-state index >= 15 is 0 Å². The van der Waals surface area contributed by atoms with E-state index in [0.29, 0.717) is 25.4 Å². The summed E-state index contributed by atoms with van der Waals surface area (Å²) in [5.41, 5.74) is 2.19. The van der Waals surface area contributed by atoms with E-state index < -0.39 is 6.04 Å². The Balaban J connectivity index is 1.44. The molecule has 0 bridgehead atoms. The lowest BCUT2D eigenvalue weighted by atomic mass is 9.90. The van der Waals surface area contributed by atoms with E-state index in [1.165, 1.54) is 5.56 Å². The van der Waals surface area contributed by atoms with Gasteiger partial charge in [0.05, 0.1) is 0 Å². The molecule has 1 aromatic rings. The van der Waals surface area contributed by atoms with Crippen LogP contribution in [0, 0.1) is 0 Å². The van der Waals surface area contributed by atoms with E-state index in [4.69, 9.17) is 0 Å². The largest absolute Gasteiger partial charge is 0.325 e. The molecule has 3 fully saturated rings. The molecule has 1 atom stereocenters. The number of rotatable bonds is 3. The SMILES string of the molecule is O=C1CCC(N2CCN(c3ccc(C4CCNCC4)cc3)C2=O)C(=O)N1. The monoisotopic (exact) mass is 356 g/mol. The third-order valence-electron chi connectivity index (χ3n) is 5.64. The number of carbonyl (C=O) groups excluding carboxylic acids is 3. The number of urea groups is 1. The van der Waals surface area contributed by atoms with Gasteiger partial charge in [-0.1, -0.05) is 12.1 Å². The molecule has 4 amide bonds. The van der Waals surface area contributed by atoms with Crippen molar-refractivity contribution < 1.29 is 14.4 Å². The smallest absolute Gasteiger partial charge is 0.317 e. The minimum absolute atomic E-state index is 0.158. The zero-order valence-corrected chi connectivity index (χ0v) is 14.7.